The van der Waals surface area contributed by atoms with Crippen LogP contribution in [0.1, 0.15) is 42.4 Å². The number of benzene rings is 1. The predicted molar refractivity (Wildman–Crippen MR) is 115 cm³/mol. The third-order valence-electron chi connectivity index (χ3n) is 6.25. The summed E-state index contributed by atoms with van der Waals surface area (Å²) in [6.45, 7) is 8.04. The van der Waals surface area contributed by atoms with Gasteiger partial charge in [-0.2, -0.15) is 4.98 Å². The van der Waals surface area contributed by atoms with Crippen molar-refractivity contribution >= 4 is 23.4 Å². The van der Waals surface area contributed by atoms with E-state index in [2.05, 4.69) is 41.0 Å². The van der Waals surface area contributed by atoms with Crippen molar-refractivity contribution in [1.29, 1.82) is 0 Å². The van der Waals surface area contributed by atoms with Gasteiger partial charge in [-0.05, 0) is 56.2 Å². The van der Waals surface area contributed by atoms with Crippen molar-refractivity contribution in [3.05, 3.63) is 45.4 Å². The van der Waals surface area contributed by atoms with Crippen LogP contribution in [0, 0.1) is 13.8 Å². The molecular weight excluding hydrogens is 380 g/mol. The minimum Gasteiger partial charge on any atom is -0.341 e. The molecule has 1 saturated heterocycles. The summed E-state index contributed by atoms with van der Waals surface area (Å²) in [5.41, 5.74) is 4.94. The molecule has 0 unspecified atom stereocenters. The molecule has 3 aromatic rings. The van der Waals surface area contributed by atoms with E-state index in [9.17, 15) is 9.59 Å². The van der Waals surface area contributed by atoms with E-state index in [0.29, 0.717) is 42.5 Å². The average molecular weight is 406 g/mol. The highest BCUT2D eigenvalue weighted by atomic mass is 16.1. The van der Waals surface area contributed by atoms with Crippen molar-refractivity contribution in [1.82, 2.24) is 24.6 Å². The number of carbonyl (C=O) groups is 1. The molecule has 1 N–H and O–H groups in total. The first-order valence-electron chi connectivity index (χ1n) is 10.5. The second-order valence-corrected chi connectivity index (χ2v) is 8.62. The highest BCUT2D eigenvalue weighted by Gasteiger charge is 2.26. The van der Waals surface area contributed by atoms with Gasteiger partial charge in [0.25, 0.3) is 5.56 Å². The van der Waals surface area contributed by atoms with Crippen LogP contribution in [0.5, 0.6) is 0 Å². The van der Waals surface area contributed by atoms with Crippen molar-refractivity contribution in [2.45, 2.75) is 45.6 Å². The molecule has 2 fully saturated rings. The Morgan fingerprint density at radius 1 is 1.17 bits per heavy atom. The number of amides is 1. The number of hydrogen-bond acceptors (Lipinski definition) is 5. The van der Waals surface area contributed by atoms with Crippen LogP contribution in [0.25, 0.3) is 16.7 Å². The van der Waals surface area contributed by atoms with Gasteiger partial charge in [0.05, 0.1) is 5.69 Å². The Morgan fingerprint density at radius 3 is 2.53 bits per heavy atom. The van der Waals surface area contributed by atoms with Crippen LogP contribution in [0.2, 0.25) is 0 Å². The molecule has 0 bridgehead atoms. The van der Waals surface area contributed by atoms with Gasteiger partial charge in [0, 0.05) is 31.9 Å². The third-order valence-corrected chi connectivity index (χ3v) is 6.25. The topological polar surface area (TPSA) is 87.1 Å². The summed E-state index contributed by atoms with van der Waals surface area (Å²) in [6.07, 6.45) is 5.18. The second kappa shape index (κ2) is 6.97. The molecule has 8 heteroatoms. The highest BCUT2D eigenvalue weighted by molar-refractivity contribution is 5.75. The summed E-state index contributed by atoms with van der Waals surface area (Å²) in [5.74, 6) is 1.20. The Hall–Kier alpha value is -3.16. The molecule has 5 rings (SSSR count). The number of rotatable bonds is 4. The zero-order valence-electron chi connectivity index (χ0n) is 17.6. The number of piperazine rings is 1. The average Bonchev–Trinajstić information content (AvgIpc) is 3.47. The fourth-order valence-electron chi connectivity index (χ4n) is 4.55. The Bertz CT molecular complexity index is 1170. The van der Waals surface area contributed by atoms with Crippen LogP contribution in [-0.2, 0) is 4.79 Å². The van der Waals surface area contributed by atoms with Crippen LogP contribution < -0.4 is 10.5 Å². The molecule has 2 aromatic heterocycles. The largest absolute Gasteiger partial charge is 0.341 e. The molecule has 1 amide bonds. The number of carbonyl (C=O) groups excluding carboxylic acids is 1. The van der Waals surface area contributed by atoms with Crippen molar-refractivity contribution < 1.29 is 4.79 Å². The first-order chi connectivity index (χ1) is 14.4. The van der Waals surface area contributed by atoms with E-state index in [1.807, 2.05) is 11.8 Å². The quantitative estimate of drug-likeness (QED) is 0.672. The van der Waals surface area contributed by atoms with Gasteiger partial charge in [-0.15, -0.1) is 5.10 Å². The third kappa shape index (κ3) is 3.16. The van der Waals surface area contributed by atoms with Gasteiger partial charge < -0.3 is 9.80 Å². The number of aromatic nitrogens is 4. The summed E-state index contributed by atoms with van der Waals surface area (Å²) in [7, 11) is 0. The van der Waals surface area contributed by atoms with Crippen molar-refractivity contribution in [2.24, 2.45) is 0 Å². The van der Waals surface area contributed by atoms with Gasteiger partial charge in [-0.1, -0.05) is 12.1 Å². The molecule has 0 radical (unpaired) electrons. The molecule has 8 nitrogen and oxygen atoms in total. The zero-order chi connectivity index (χ0) is 21.0. The number of aromatic amines is 1. The van der Waals surface area contributed by atoms with Gasteiger partial charge >= 0.3 is 0 Å². The molecular formula is C22H26N6O2. The number of fused-ring (bicyclic) bond motifs is 1. The molecule has 30 heavy (non-hydrogen) atoms. The Labute approximate surface area is 174 Å². The molecule has 3 heterocycles. The van der Waals surface area contributed by atoms with Gasteiger partial charge in [-0.25, -0.2) is 4.68 Å². The van der Waals surface area contributed by atoms with Crippen molar-refractivity contribution in [2.75, 3.05) is 24.5 Å². The predicted octanol–water partition coefficient (Wildman–Crippen LogP) is 2.27. The first-order valence-corrected chi connectivity index (χ1v) is 10.5. The standard InChI is InChI=1S/C22H26N6O2/c1-13-8-17(16-4-5-16)9-14(2)19(13)28-11-18-20(25-28)23-22(24-21(18)30)27-7-6-26(12-29)10-15(27)3/h8-9,11-12,15-16H,4-7,10H2,1-3H3,(H,23,24,25,30)/t15-/m1/s1. The second-order valence-electron chi connectivity index (χ2n) is 8.62. The Kier molecular flexibility index (Phi) is 4.38. The summed E-state index contributed by atoms with van der Waals surface area (Å²) < 4.78 is 1.78. The van der Waals surface area contributed by atoms with E-state index in [-0.39, 0.29) is 11.6 Å². The number of nitrogens with zero attached hydrogens (tertiary/aromatic N) is 5. The monoisotopic (exact) mass is 406 g/mol. The SMILES string of the molecule is Cc1cc(C2CC2)cc(C)c1-n1cc2c(=O)[nH]c(N3CCN(C=O)C[C@H]3C)nc2n1. The van der Waals surface area contributed by atoms with Gasteiger partial charge in [0.15, 0.2) is 5.65 Å². The molecule has 1 aromatic carbocycles. The van der Waals surface area contributed by atoms with Crippen LogP contribution in [0.4, 0.5) is 5.95 Å². The molecule has 1 atom stereocenters. The van der Waals surface area contributed by atoms with Crippen LogP contribution in [0.3, 0.4) is 0 Å². The van der Waals surface area contributed by atoms with Crippen LogP contribution in [-0.4, -0.2) is 56.7 Å². The van der Waals surface area contributed by atoms with Gasteiger partial charge in [0.2, 0.25) is 12.4 Å². The van der Waals surface area contributed by atoms with E-state index in [0.717, 1.165) is 23.2 Å². The van der Waals surface area contributed by atoms with Crippen molar-refractivity contribution in [3.63, 3.8) is 0 Å². The number of hydrogen-bond donors (Lipinski definition) is 1. The maximum Gasteiger partial charge on any atom is 0.263 e. The van der Waals surface area contributed by atoms with E-state index in [1.165, 1.54) is 18.4 Å². The lowest BCUT2D eigenvalue weighted by Crippen LogP contribution is -2.52. The van der Waals surface area contributed by atoms with E-state index >= 15 is 0 Å². The summed E-state index contributed by atoms with van der Waals surface area (Å²) >= 11 is 0. The molecule has 1 aliphatic carbocycles. The van der Waals surface area contributed by atoms with Gasteiger partial charge in [-0.3, -0.25) is 14.6 Å². The minimum atomic E-state index is -0.198. The highest BCUT2D eigenvalue weighted by Crippen LogP contribution is 2.41. The van der Waals surface area contributed by atoms with Gasteiger partial charge in [0.1, 0.15) is 5.39 Å². The normalized spacial score (nSPS) is 19.5. The smallest absolute Gasteiger partial charge is 0.263 e. The van der Waals surface area contributed by atoms with E-state index < -0.39 is 0 Å². The summed E-state index contributed by atoms with van der Waals surface area (Å²) in [6, 6.07) is 4.54. The minimum absolute atomic E-state index is 0.0612. The lowest BCUT2D eigenvalue weighted by atomic mass is 10.0. The van der Waals surface area contributed by atoms with Crippen LogP contribution >= 0.6 is 0 Å². The Morgan fingerprint density at radius 2 is 1.90 bits per heavy atom. The van der Waals surface area contributed by atoms with E-state index in [1.54, 1.807) is 15.8 Å². The lowest BCUT2D eigenvalue weighted by Gasteiger charge is -2.38. The number of H-pyrrole nitrogens is 1. The maximum absolute atomic E-state index is 12.8. The fraction of sp³-hybridized carbons (Fsp3) is 0.455. The molecule has 1 saturated carbocycles. The Balaban J connectivity index is 1.53. The lowest BCUT2D eigenvalue weighted by molar-refractivity contribution is -0.118. The first kappa shape index (κ1) is 18.8. The maximum atomic E-state index is 12.8. The molecule has 1 aliphatic heterocycles. The fourth-order valence-corrected chi connectivity index (χ4v) is 4.55. The number of aryl methyl sites for hydroxylation is 2. The number of nitrogens with one attached hydrogen (secondary N) is 1. The van der Waals surface area contributed by atoms with Crippen molar-refractivity contribution in [3.8, 4) is 5.69 Å². The molecule has 0 spiro atoms. The summed E-state index contributed by atoms with van der Waals surface area (Å²) in [4.78, 5) is 35.2. The molecule has 156 valence electrons. The van der Waals surface area contributed by atoms with Crippen LogP contribution in [0.15, 0.2) is 23.1 Å². The van der Waals surface area contributed by atoms with E-state index in [4.69, 9.17) is 0 Å². The number of anilines is 1. The zero-order valence-corrected chi connectivity index (χ0v) is 17.6. The molecule has 2 aliphatic rings. The summed E-state index contributed by atoms with van der Waals surface area (Å²) in [5, 5.41) is 5.13.